The van der Waals surface area contributed by atoms with E-state index in [1.807, 2.05) is 12.1 Å². The molecule has 4 nitrogen and oxygen atoms in total. The molecule has 0 N–H and O–H groups in total. The standard InChI is InChI=1S/C28H16Cl2N4/c29-24-16-25(32-28(30)31-24)34-21-12-6-4-10-18(21)19-14-15-23-26(27(19)34)20-11-5-7-13-22(20)33(23)17-8-2-1-3-9-17/h1-16H. The zero-order chi connectivity index (χ0) is 22.8. The van der Waals surface area contributed by atoms with E-state index in [0.29, 0.717) is 11.0 Å². The Morgan fingerprint density at radius 3 is 2.00 bits per heavy atom. The van der Waals surface area contributed by atoms with Crippen molar-refractivity contribution in [3.8, 4) is 11.5 Å². The van der Waals surface area contributed by atoms with Crippen molar-refractivity contribution in [3.63, 3.8) is 0 Å². The molecule has 3 aromatic heterocycles. The van der Waals surface area contributed by atoms with E-state index in [9.17, 15) is 0 Å². The highest BCUT2D eigenvalue weighted by molar-refractivity contribution is 6.32. The van der Waals surface area contributed by atoms with Gasteiger partial charge in [-0.3, -0.25) is 4.57 Å². The number of fused-ring (bicyclic) bond motifs is 7. The zero-order valence-electron chi connectivity index (χ0n) is 17.8. The number of halogens is 2. The van der Waals surface area contributed by atoms with Crippen LogP contribution in [0.1, 0.15) is 0 Å². The molecule has 0 unspecified atom stereocenters. The van der Waals surface area contributed by atoms with Crippen LogP contribution in [0.5, 0.6) is 0 Å². The number of aromatic nitrogens is 4. The number of para-hydroxylation sites is 3. The molecule has 0 aliphatic rings. The highest BCUT2D eigenvalue weighted by Crippen LogP contribution is 2.41. The van der Waals surface area contributed by atoms with Crippen molar-refractivity contribution in [2.45, 2.75) is 0 Å². The molecule has 6 heteroatoms. The maximum Gasteiger partial charge on any atom is 0.225 e. The van der Waals surface area contributed by atoms with Crippen LogP contribution in [0.15, 0.2) is 97.1 Å². The molecule has 7 rings (SSSR count). The van der Waals surface area contributed by atoms with Gasteiger partial charge >= 0.3 is 0 Å². The molecule has 0 fully saturated rings. The maximum atomic E-state index is 6.31. The molecule has 4 aromatic carbocycles. The monoisotopic (exact) mass is 478 g/mol. The van der Waals surface area contributed by atoms with Gasteiger partial charge in [0.2, 0.25) is 5.28 Å². The summed E-state index contributed by atoms with van der Waals surface area (Å²) in [6, 6.07) is 33.4. The number of hydrogen-bond donors (Lipinski definition) is 0. The van der Waals surface area contributed by atoms with Crippen LogP contribution in [0, 0.1) is 0 Å². The molecule has 0 amide bonds. The van der Waals surface area contributed by atoms with Crippen LogP contribution in [0.3, 0.4) is 0 Å². The summed E-state index contributed by atoms with van der Waals surface area (Å²) in [5.74, 6) is 0.639. The largest absolute Gasteiger partial charge is 0.309 e. The van der Waals surface area contributed by atoms with Crippen molar-refractivity contribution in [1.29, 1.82) is 0 Å². The van der Waals surface area contributed by atoms with E-state index in [-0.39, 0.29) is 5.28 Å². The van der Waals surface area contributed by atoms with Crippen LogP contribution >= 0.6 is 23.2 Å². The minimum absolute atomic E-state index is 0.118. The third kappa shape index (κ3) is 2.73. The van der Waals surface area contributed by atoms with E-state index in [1.165, 1.54) is 5.39 Å². The van der Waals surface area contributed by atoms with Gasteiger partial charge in [0.1, 0.15) is 11.0 Å². The second-order valence-corrected chi connectivity index (χ2v) is 8.94. The minimum atomic E-state index is 0.118. The van der Waals surface area contributed by atoms with Gasteiger partial charge in [0.25, 0.3) is 0 Å². The molecular formula is C28H16Cl2N4. The number of rotatable bonds is 2. The summed E-state index contributed by atoms with van der Waals surface area (Å²) in [6.45, 7) is 0. The van der Waals surface area contributed by atoms with Crippen molar-refractivity contribution >= 4 is 66.8 Å². The zero-order valence-corrected chi connectivity index (χ0v) is 19.3. The Morgan fingerprint density at radius 2 is 1.24 bits per heavy atom. The van der Waals surface area contributed by atoms with Gasteiger partial charge in [0, 0.05) is 33.3 Å². The number of hydrogen-bond acceptors (Lipinski definition) is 2. The molecule has 7 aromatic rings. The van der Waals surface area contributed by atoms with Crippen LogP contribution in [0.25, 0.3) is 55.1 Å². The van der Waals surface area contributed by atoms with Crippen LogP contribution in [0.2, 0.25) is 10.4 Å². The van der Waals surface area contributed by atoms with Gasteiger partial charge in [-0.05, 0) is 41.9 Å². The van der Waals surface area contributed by atoms with Crippen molar-refractivity contribution in [2.75, 3.05) is 0 Å². The van der Waals surface area contributed by atoms with Gasteiger partial charge in [-0.25, -0.2) is 4.98 Å². The average Bonchev–Trinajstić information content (AvgIpc) is 3.37. The Labute approximate surface area is 204 Å². The third-order valence-electron chi connectivity index (χ3n) is 6.37. The van der Waals surface area contributed by atoms with Crippen LogP contribution < -0.4 is 0 Å². The fraction of sp³-hybridized carbons (Fsp3) is 0. The Morgan fingerprint density at radius 1 is 0.559 bits per heavy atom. The Kier molecular flexibility index (Phi) is 4.22. The Hall–Kier alpha value is -3.86. The molecule has 0 radical (unpaired) electrons. The predicted octanol–water partition coefficient (Wildman–Crippen LogP) is 7.98. The molecule has 0 bridgehead atoms. The molecule has 0 aliphatic carbocycles. The van der Waals surface area contributed by atoms with Crippen molar-refractivity contribution < 1.29 is 0 Å². The lowest BCUT2D eigenvalue weighted by Gasteiger charge is -2.09. The summed E-state index contributed by atoms with van der Waals surface area (Å²) in [4.78, 5) is 8.62. The summed E-state index contributed by atoms with van der Waals surface area (Å²) in [6.07, 6.45) is 0. The topological polar surface area (TPSA) is 35.6 Å². The lowest BCUT2D eigenvalue weighted by Crippen LogP contribution is -1.99. The molecule has 0 aliphatic heterocycles. The van der Waals surface area contributed by atoms with Crippen LogP contribution in [-0.2, 0) is 0 Å². The Balaban J connectivity index is 1.76. The van der Waals surface area contributed by atoms with E-state index in [2.05, 4.69) is 98.0 Å². The quantitative estimate of drug-likeness (QED) is 0.186. The number of benzene rings is 4. The van der Waals surface area contributed by atoms with Gasteiger partial charge in [-0.1, -0.05) is 72.3 Å². The van der Waals surface area contributed by atoms with Crippen molar-refractivity contribution in [3.05, 3.63) is 107 Å². The SMILES string of the molecule is Clc1cc(-n2c3ccccc3c3ccc4c(c5ccccc5n4-c4ccccc4)c32)nc(Cl)n1. The summed E-state index contributed by atoms with van der Waals surface area (Å²) >= 11 is 12.6. The van der Waals surface area contributed by atoms with Gasteiger partial charge in [0.05, 0.1) is 22.1 Å². The van der Waals surface area contributed by atoms with Gasteiger partial charge in [-0.15, -0.1) is 0 Å². The van der Waals surface area contributed by atoms with Crippen LogP contribution in [0.4, 0.5) is 0 Å². The lowest BCUT2D eigenvalue weighted by molar-refractivity contribution is 1.04. The summed E-state index contributed by atoms with van der Waals surface area (Å²) in [5, 5.41) is 5.03. The molecule has 0 atom stereocenters. The van der Waals surface area contributed by atoms with Crippen molar-refractivity contribution in [1.82, 2.24) is 19.1 Å². The smallest absolute Gasteiger partial charge is 0.225 e. The van der Waals surface area contributed by atoms with E-state index < -0.39 is 0 Å². The fourth-order valence-electron chi connectivity index (χ4n) is 5.10. The van der Waals surface area contributed by atoms with Crippen LogP contribution in [-0.4, -0.2) is 19.1 Å². The molecule has 0 saturated heterocycles. The molecule has 162 valence electrons. The molecule has 0 spiro atoms. The van der Waals surface area contributed by atoms with E-state index in [0.717, 1.165) is 43.9 Å². The van der Waals surface area contributed by atoms with Gasteiger partial charge in [0.15, 0.2) is 0 Å². The van der Waals surface area contributed by atoms with E-state index >= 15 is 0 Å². The number of nitrogens with zero attached hydrogens (tertiary/aromatic N) is 4. The third-order valence-corrected chi connectivity index (χ3v) is 6.73. The van der Waals surface area contributed by atoms with Gasteiger partial charge < -0.3 is 4.57 Å². The van der Waals surface area contributed by atoms with Gasteiger partial charge in [-0.2, -0.15) is 4.98 Å². The fourth-order valence-corrected chi connectivity index (χ4v) is 5.49. The maximum absolute atomic E-state index is 6.31. The highest BCUT2D eigenvalue weighted by Gasteiger charge is 2.21. The highest BCUT2D eigenvalue weighted by atomic mass is 35.5. The molecule has 3 heterocycles. The first kappa shape index (κ1) is 19.6. The second-order valence-electron chi connectivity index (χ2n) is 8.21. The summed E-state index contributed by atoms with van der Waals surface area (Å²) in [5.41, 5.74) is 5.48. The molecular weight excluding hydrogens is 463 g/mol. The first-order valence-corrected chi connectivity index (χ1v) is 11.7. The first-order chi connectivity index (χ1) is 16.7. The Bertz CT molecular complexity index is 1860. The van der Waals surface area contributed by atoms with Crippen molar-refractivity contribution in [2.24, 2.45) is 0 Å². The van der Waals surface area contributed by atoms with E-state index in [1.54, 1.807) is 6.07 Å². The second kappa shape index (κ2) is 7.32. The summed E-state index contributed by atoms with van der Waals surface area (Å²) < 4.78 is 4.46. The molecule has 0 saturated carbocycles. The lowest BCUT2D eigenvalue weighted by atomic mass is 10.1. The van der Waals surface area contributed by atoms with E-state index in [4.69, 9.17) is 23.2 Å². The normalized spacial score (nSPS) is 11.8. The minimum Gasteiger partial charge on any atom is -0.309 e. The molecule has 34 heavy (non-hydrogen) atoms. The predicted molar refractivity (Wildman–Crippen MR) is 141 cm³/mol. The average molecular weight is 479 g/mol. The first-order valence-electron chi connectivity index (χ1n) is 10.9. The summed E-state index contributed by atoms with van der Waals surface area (Å²) in [7, 11) is 0.